The second-order valence-corrected chi connectivity index (χ2v) is 7.04. The maximum absolute atomic E-state index is 3.77. The highest BCUT2D eigenvalue weighted by Gasteiger charge is 2.19. The Kier molecular flexibility index (Phi) is 4.85. The maximum Gasteiger partial charge on any atom is 0.0388 e. The van der Waals surface area contributed by atoms with Gasteiger partial charge in [-0.3, -0.25) is 0 Å². The molecule has 1 aromatic heterocycles. The van der Waals surface area contributed by atoms with Crippen molar-refractivity contribution in [1.29, 1.82) is 0 Å². The van der Waals surface area contributed by atoms with Gasteiger partial charge in [0.2, 0.25) is 0 Å². The average molecular weight is 265 g/mol. The fraction of sp³-hybridized carbons (Fsp3) is 0.750. The molecular formula is C16H27NS. The summed E-state index contributed by atoms with van der Waals surface area (Å²) in [5, 5.41) is 3.77. The molecule has 3 atom stereocenters. The van der Waals surface area contributed by atoms with Gasteiger partial charge in [0.25, 0.3) is 0 Å². The lowest BCUT2D eigenvalue weighted by Crippen LogP contribution is -2.33. The van der Waals surface area contributed by atoms with Gasteiger partial charge in [0.15, 0.2) is 0 Å². The van der Waals surface area contributed by atoms with E-state index in [1.807, 2.05) is 11.3 Å². The van der Waals surface area contributed by atoms with Gasteiger partial charge in [0.05, 0.1) is 0 Å². The van der Waals surface area contributed by atoms with Crippen molar-refractivity contribution in [3.8, 4) is 0 Å². The maximum atomic E-state index is 3.77. The summed E-state index contributed by atoms with van der Waals surface area (Å²) in [4.78, 5) is 3.19. The van der Waals surface area contributed by atoms with E-state index in [2.05, 4.69) is 39.1 Å². The summed E-state index contributed by atoms with van der Waals surface area (Å²) in [6.07, 6.45) is 6.64. The molecule has 0 amide bonds. The molecule has 0 saturated carbocycles. The summed E-state index contributed by atoms with van der Waals surface area (Å²) in [7, 11) is 0. The van der Waals surface area contributed by atoms with Crippen molar-refractivity contribution in [2.45, 2.75) is 71.9 Å². The third kappa shape index (κ3) is 3.16. The molecule has 0 radical (unpaired) electrons. The van der Waals surface area contributed by atoms with Gasteiger partial charge in [-0.05, 0) is 57.1 Å². The average Bonchev–Trinajstić information content (AvgIpc) is 2.81. The number of hydrogen-bond donors (Lipinski definition) is 1. The highest BCUT2D eigenvalue weighted by atomic mass is 32.1. The molecule has 0 bridgehead atoms. The molecule has 102 valence electrons. The van der Waals surface area contributed by atoms with Crippen LogP contribution >= 0.6 is 11.3 Å². The number of fused-ring (bicyclic) bond motifs is 1. The molecule has 2 heteroatoms. The van der Waals surface area contributed by atoms with Crippen molar-refractivity contribution in [2.75, 3.05) is 0 Å². The summed E-state index contributed by atoms with van der Waals surface area (Å²) < 4.78 is 0. The van der Waals surface area contributed by atoms with Gasteiger partial charge in [-0.15, -0.1) is 11.3 Å². The van der Waals surface area contributed by atoms with Gasteiger partial charge >= 0.3 is 0 Å². The molecule has 1 aliphatic rings. The van der Waals surface area contributed by atoms with E-state index in [-0.39, 0.29) is 0 Å². The van der Waals surface area contributed by atoms with Gasteiger partial charge in [-0.25, -0.2) is 0 Å². The molecule has 1 nitrogen and oxygen atoms in total. The zero-order valence-corrected chi connectivity index (χ0v) is 13.1. The van der Waals surface area contributed by atoms with Crippen molar-refractivity contribution < 1.29 is 0 Å². The minimum absolute atomic E-state index is 0.504. The van der Waals surface area contributed by atoms with E-state index in [0.29, 0.717) is 12.1 Å². The molecule has 1 heterocycles. The van der Waals surface area contributed by atoms with Crippen LogP contribution in [0.4, 0.5) is 0 Å². The Morgan fingerprint density at radius 2 is 1.94 bits per heavy atom. The van der Waals surface area contributed by atoms with E-state index in [1.165, 1.54) is 37.0 Å². The predicted molar refractivity (Wildman–Crippen MR) is 81.4 cm³/mol. The van der Waals surface area contributed by atoms with Crippen LogP contribution in [0.2, 0.25) is 0 Å². The normalized spacial score (nSPS) is 20.2. The summed E-state index contributed by atoms with van der Waals surface area (Å²) >= 11 is 2.04. The molecule has 0 saturated heterocycles. The van der Waals surface area contributed by atoms with E-state index >= 15 is 0 Å². The van der Waals surface area contributed by atoms with E-state index in [4.69, 9.17) is 0 Å². The predicted octanol–water partition coefficient (Wildman–Crippen LogP) is 4.71. The van der Waals surface area contributed by atoms with Crippen LogP contribution in [0.5, 0.6) is 0 Å². The summed E-state index contributed by atoms with van der Waals surface area (Å²) in [6.45, 7) is 9.25. The molecular weight excluding hydrogens is 238 g/mol. The lowest BCUT2D eigenvalue weighted by atomic mass is 9.98. The second kappa shape index (κ2) is 6.21. The van der Waals surface area contributed by atoms with Gasteiger partial charge in [-0.1, -0.05) is 20.3 Å². The minimum atomic E-state index is 0.504. The lowest BCUT2D eigenvalue weighted by molar-refractivity contribution is 0.362. The molecule has 18 heavy (non-hydrogen) atoms. The fourth-order valence-corrected chi connectivity index (χ4v) is 3.99. The first kappa shape index (κ1) is 14.1. The fourth-order valence-electron chi connectivity index (χ4n) is 2.72. The highest BCUT2D eigenvalue weighted by molar-refractivity contribution is 7.12. The number of hydrogen-bond acceptors (Lipinski definition) is 2. The Balaban J connectivity index is 2.00. The van der Waals surface area contributed by atoms with Crippen LogP contribution in [-0.4, -0.2) is 6.04 Å². The number of thiophene rings is 1. The van der Waals surface area contributed by atoms with Crippen molar-refractivity contribution in [1.82, 2.24) is 5.32 Å². The third-order valence-electron chi connectivity index (χ3n) is 4.45. The van der Waals surface area contributed by atoms with Crippen LogP contribution in [0, 0.1) is 5.92 Å². The molecule has 2 rings (SSSR count). The summed E-state index contributed by atoms with van der Waals surface area (Å²) in [5.41, 5.74) is 1.63. The highest BCUT2D eigenvalue weighted by Crippen LogP contribution is 2.33. The Morgan fingerprint density at radius 1 is 1.22 bits per heavy atom. The topological polar surface area (TPSA) is 12.0 Å². The Morgan fingerprint density at radius 3 is 2.61 bits per heavy atom. The first-order valence-corrected chi connectivity index (χ1v) is 8.31. The van der Waals surface area contributed by atoms with Gasteiger partial charge in [0, 0.05) is 21.8 Å². The summed E-state index contributed by atoms with van der Waals surface area (Å²) in [5.74, 6) is 0.752. The number of rotatable bonds is 5. The number of aryl methyl sites for hydroxylation is 2. The van der Waals surface area contributed by atoms with Crippen LogP contribution in [-0.2, 0) is 12.8 Å². The van der Waals surface area contributed by atoms with Crippen LogP contribution in [0.1, 0.15) is 68.3 Å². The van der Waals surface area contributed by atoms with Crippen LogP contribution in [0.25, 0.3) is 0 Å². The van der Waals surface area contributed by atoms with E-state index in [9.17, 15) is 0 Å². The molecule has 1 aliphatic carbocycles. The molecule has 3 unspecified atom stereocenters. The molecule has 0 spiro atoms. The van der Waals surface area contributed by atoms with Crippen LogP contribution in [0.3, 0.4) is 0 Å². The summed E-state index contributed by atoms with van der Waals surface area (Å²) in [6, 6.07) is 3.56. The van der Waals surface area contributed by atoms with Crippen molar-refractivity contribution in [3.63, 3.8) is 0 Å². The van der Waals surface area contributed by atoms with Gasteiger partial charge in [0.1, 0.15) is 0 Å². The Hall–Kier alpha value is -0.340. The van der Waals surface area contributed by atoms with Gasteiger partial charge < -0.3 is 5.32 Å². The first-order chi connectivity index (χ1) is 8.61. The molecule has 0 aliphatic heterocycles. The minimum Gasteiger partial charge on any atom is -0.307 e. The largest absolute Gasteiger partial charge is 0.307 e. The van der Waals surface area contributed by atoms with Crippen LogP contribution < -0.4 is 5.32 Å². The zero-order valence-electron chi connectivity index (χ0n) is 12.3. The Labute approximate surface area is 116 Å². The van der Waals surface area contributed by atoms with Crippen molar-refractivity contribution >= 4 is 11.3 Å². The van der Waals surface area contributed by atoms with E-state index in [0.717, 1.165) is 5.92 Å². The first-order valence-electron chi connectivity index (χ1n) is 7.49. The molecule has 0 aromatic carbocycles. The third-order valence-corrected chi connectivity index (χ3v) is 5.87. The quantitative estimate of drug-likeness (QED) is 0.813. The smallest absolute Gasteiger partial charge is 0.0388 e. The van der Waals surface area contributed by atoms with E-state index < -0.39 is 0 Å². The zero-order chi connectivity index (χ0) is 13.1. The molecule has 1 aromatic rings. The molecule has 1 N–H and O–H groups in total. The number of nitrogens with one attached hydrogen (secondary N) is 1. The van der Waals surface area contributed by atoms with Crippen LogP contribution in [0.15, 0.2) is 6.07 Å². The van der Waals surface area contributed by atoms with Crippen molar-refractivity contribution in [3.05, 3.63) is 21.4 Å². The monoisotopic (exact) mass is 265 g/mol. The second-order valence-electron chi connectivity index (χ2n) is 5.87. The van der Waals surface area contributed by atoms with Gasteiger partial charge in [-0.2, -0.15) is 0 Å². The lowest BCUT2D eigenvalue weighted by Gasteiger charge is -2.23. The SMILES string of the molecule is CCC(C)C(C)NC(C)c1cc2c(s1)CCCC2. The standard InChI is InChI=1S/C16H27NS/c1-5-11(2)12(3)17-13(4)16-10-14-8-6-7-9-15(14)18-16/h10-13,17H,5-9H2,1-4H3. The molecule has 0 fully saturated rings. The van der Waals surface area contributed by atoms with Crippen molar-refractivity contribution in [2.24, 2.45) is 5.92 Å². The van der Waals surface area contributed by atoms with E-state index in [1.54, 1.807) is 10.4 Å². The Bertz CT molecular complexity index is 359.